The number of nitrogens with zero attached hydrogens (tertiary/aromatic N) is 4. The van der Waals surface area contributed by atoms with Gasteiger partial charge in [-0.3, -0.25) is 0 Å². The molecule has 0 atom stereocenters. The maximum absolute atomic E-state index is 4.57. The number of anilines is 2. The Morgan fingerprint density at radius 3 is 2.06 bits per heavy atom. The molecule has 0 bridgehead atoms. The van der Waals surface area contributed by atoms with Crippen LogP contribution >= 0.6 is 0 Å². The van der Waals surface area contributed by atoms with Crippen LogP contribution in [-0.2, 0) is 0 Å². The summed E-state index contributed by atoms with van der Waals surface area (Å²) in [6.07, 6.45) is 0. The molecule has 0 saturated heterocycles. The molecule has 0 spiro atoms. The van der Waals surface area contributed by atoms with E-state index in [1.807, 2.05) is 62.3 Å². The number of aromatic nitrogens is 2. The van der Waals surface area contributed by atoms with Gasteiger partial charge in [-0.05, 0) is 0 Å². The largest absolute Gasteiger partial charge is 0.363 e. The maximum atomic E-state index is 4.57. The van der Waals surface area contributed by atoms with E-state index in [9.17, 15) is 0 Å². The van der Waals surface area contributed by atoms with E-state index in [0.717, 1.165) is 23.0 Å². The summed E-state index contributed by atoms with van der Waals surface area (Å²) in [6, 6.07) is 12.2. The summed E-state index contributed by atoms with van der Waals surface area (Å²) in [5.74, 6) is 1.63. The van der Waals surface area contributed by atoms with Gasteiger partial charge in [0.15, 0.2) is 0 Å². The molecule has 94 valence electrons. The average Bonchev–Trinajstić information content (AvgIpc) is 2.39. The molecule has 18 heavy (non-hydrogen) atoms. The molecule has 0 radical (unpaired) electrons. The molecule has 1 aromatic carbocycles. The molecule has 0 aliphatic rings. The van der Waals surface area contributed by atoms with Crippen molar-refractivity contribution in [1.29, 1.82) is 0 Å². The predicted octanol–water partition coefficient (Wildman–Crippen LogP) is 2.28. The lowest BCUT2D eigenvalue weighted by Crippen LogP contribution is -2.17. The number of hydrogen-bond donors (Lipinski definition) is 0. The Morgan fingerprint density at radius 1 is 0.833 bits per heavy atom. The molecule has 0 amide bonds. The minimum atomic E-state index is 0.722. The van der Waals surface area contributed by atoms with E-state index in [1.165, 1.54) is 0 Å². The van der Waals surface area contributed by atoms with Gasteiger partial charge in [-0.1, -0.05) is 30.3 Å². The molecule has 0 fully saturated rings. The standard InChI is InChI=1S/C14H18N4/c1-17(2)13-10-12(11-8-6-5-7-9-11)15-14(16-13)18(3)4/h5-10H,1-4H3. The van der Waals surface area contributed by atoms with E-state index >= 15 is 0 Å². The van der Waals surface area contributed by atoms with Crippen molar-refractivity contribution in [2.75, 3.05) is 38.0 Å². The molecule has 0 unspecified atom stereocenters. The van der Waals surface area contributed by atoms with Gasteiger partial charge in [0.05, 0.1) is 5.69 Å². The highest BCUT2D eigenvalue weighted by molar-refractivity contribution is 5.64. The highest BCUT2D eigenvalue weighted by atomic mass is 15.3. The van der Waals surface area contributed by atoms with Crippen molar-refractivity contribution in [2.24, 2.45) is 0 Å². The molecule has 0 aliphatic carbocycles. The Balaban J connectivity index is 2.54. The summed E-state index contributed by atoms with van der Waals surface area (Å²) in [4.78, 5) is 13.0. The first-order valence-electron chi connectivity index (χ1n) is 5.87. The van der Waals surface area contributed by atoms with Gasteiger partial charge in [0, 0.05) is 39.8 Å². The van der Waals surface area contributed by atoms with E-state index in [2.05, 4.69) is 22.1 Å². The lowest BCUT2D eigenvalue weighted by molar-refractivity contribution is 0.971. The van der Waals surface area contributed by atoms with Crippen molar-refractivity contribution in [3.05, 3.63) is 36.4 Å². The summed E-state index contributed by atoms with van der Waals surface area (Å²) >= 11 is 0. The van der Waals surface area contributed by atoms with Gasteiger partial charge in [0.25, 0.3) is 0 Å². The highest BCUT2D eigenvalue weighted by Crippen LogP contribution is 2.23. The summed E-state index contributed by atoms with van der Waals surface area (Å²) in [5, 5.41) is 0. The normalized spacial score (nSPS) is 10.2. The third-order valence-electron chi connectivity index (χ3n) is 2.63. The Labute approximate surface area is 108 Å². The van der Waals surface area contributed by atoms with E-state index in [4.69, 9.17) is 0 Å². The first-order valence-corrected chi connectivity index (χ1v) is 5.87. The molecule has 0 aliphatic heterocycles. The first-order chi connectivity index (χ1) is 8.58. The Kier molecular flexibility index (Phi) is 3.46. The van der Waals surface area contributed by atoms with E-state index in [-0.39, 0.29) is 0 Å². The second-order valence-electron chi connectivity index (χ2n) is 4.57. The number of rotatable bonds is 3. The third-order valence-corrected chi connectivity index (χ3v) is 2.63. The van der Waals surface area contributed by atoms with Crippen LogP contribution in [-0.4, -0.2) is 38.2 Å². The predicted molar refractivity (Wildman–Crippen MR) is 76.1 cm³/mol. The van der Waals surface area contributed by atoms with Crippen LogP contribution in [0, 0.1) is 0 Å². The lowest BCUT2D eigenvalue weighted by Gasteiger charge is -2.17. The van der Waals surface area contributed by atoms with Gasteiger partial charge in [0.1, 0.15) is 5.82 Å². The van der Waals surface area contributed by atoms with Gasteiger partial charge in [-0.15, -0.1) is 0 Å². The fourth-order valence-corrected chi connectivity index (χ4v) is 1.61. The zero-order chi connectivity index (χ0) is 13.1. The number of benzene rings is 1. The maximum Gasteiger partial charge on any atom is 0.227 e. The molecular formula is C14H18N4. The van der Waals surface area contributed by atoms with Gasteiger partial charge >= 0.3 is 0 Å². The van der Waals surface area contributed by atoms with Crippen LogP contribution in [0.4, 0.5) is 11.8 Å². The molecule has 2 rings (SSSR count). The Morgan fingerprint density at radius 2 is 1.50 bits per heavy atom. The molecule has 2 aromatic rings. The summed E-state index contributed by atoms with van der Waals surface area (Å²) < 4.78 is 0. The molecule has 0 N–H and O–H groups in total. The molecule has 1 heterocycles. The highest BCUT2D eigenvalue weighted by Gasteiger charge is 2.08. The van der Waals surface area contributed by atoms with E-state index in [0.29, 0.717) is 0 Å². The smallest absolute Gasteiger partial charge is 0.227 e. The summed E-state index contributed by atoms with van der Waals surface area (Å²) in [7, 11) is 7.86. The monoisotopic (exact) mass is 242 g/mol. The van der Waals surface area contributed by atoms with Crippen LogP contribution < -0.4 is 9.80 Å². The van der Waals surface area contributed by atoms with Crippen LogP contribution in [0.5, 0.6) is 0 Å². The summed E-state index contributed by atoms with van der Waals surface area (Å²) in [5.41, 5.74) is 2.05. The SMILES string of the molecule is CN(C)c1cc(-c2ccccc2)nc(N(C)C)n1. The number of hydrogen-bond acceptors (Lipinski definition) is 4. The molecule has 4 heteroatoms. The third kappa shape index (κ3) is 2.59. The first kappa shape index (κ1) is 12.4. The van der Waals surface area contributed by atoms with Gasteiger partial charge in [0.2, 0.25) is 5.95 Å². The van der Waals surface area contributed by atoms with Gasteiger partial charge in [-0.2, -0.15) is 4.98 Å². The zero-order valence-electron chi connectivity index (χ0n) is 11.3. The van der Waals surface area contributed by atoms with Crippen molar-refractivity contribution in [2.45, 2.75) is 0 Å². The van der Waals surface area contributed by atoms with Gasteiger partial charge < -0.3 is 9.80 Å². The minimum Gasteiger partial charge on any atom is -0.363 e. The average molecular weight is 242 g/mol. The quantitative estimate of drug-likeness (QED) is 0.826. The molecule has 1 aromatic heterocycles. The van der Waals surface area contributed by atoms with Crippen molar-refractivity contribution in [3.63, 3.8) is 0 Å². The fraction of sp³-hybridized carbons (Fsp3) is 0.286. The fourth-order valence-electron chi connectivity index (χ4n) is 1.61. The second-order valence-corrected chi connectivity index (χ2v) is 4.57. The van der Waals surface area contributed by atoms with Crippen molar-refractivity contribution in [3.8, 4) is 11.3 Å². The van der Waals surface area contributed by atoms with Crippen molar-refractivity contribution < 1.29 is 0 Å². The van der Waals surface area contributed by atoms with Crippen LogP contribution in [0.2, 0.25) is 0 Å². The van der Waals surface area contributed by atoms with E-state index < -0.39 is 0 Å². The van der Waals surface area contributed by atoms with E-state index in [1.54, 1.807) is 0 Å². The molecular weight excluding hydrogens is 224 g/mol. The van der Waals surface area contributed by atoms with Gasteiger partial charge in [-0.25, -0.2) is 4.98 Å². The Hall–Kier alpha value is -2.10. The Bertz CT molecular complexity index is 494. The lowest BCUT2D eigenvalue weighted by atomic mass is 10.1. The van der Waals surface area contributed by atoms with Crippen LogP contribution in [0.3, 0.4) is 0 Å². The van der Waals surface area contributed by atoms with Crippen LogP contribution in [0.25, 0.3) is 11.3 Å². The van der Waals surface area contributed by atoms with Crippen molar-refractivity contribution in [1.82, 2.24) is 9.97 Å². The topological polar surface area (TPSA) is 32.3 Å². The van der Waals surface area contributed by atoms with Crippen molar-refractivity contribution >= 4 is 11.8 Å². The second kappa shape index (κ2) is 5.04. The molecule has 0 saturated carbocycles. The summed E-state index contributed by atoms with van der Waals surface area (Å²) in [6.45, 7) is 0. The molecule has 4 nitrogen and oxygen atoms in total. The van der Waals surface area contributed by atoms with Crippen LogP contribution in [0.15, 0.2) is 36.4 Å². The zero-order valence-corrected chi connectivity index (χ0v) is 11.3. The minimum absolute atomic E-state index is 0.722. The van der Waals surface area contributed by atoms with Crippen LogP contribution in [0.1, 0.15) is 0 Å².